The van der Waals surface area contributed by atoms with Gasteiger partial charge in [0.1, 0.15) is 5.82 Å². The van der Waals surface area contributed by atoms with Crippen molar-refractivity contribution in [3.05, 3.63) is 97.1 Å². The Balaban J connectivity index is 1.23. The van der Waals surface area contributed by atoms with E-state index in [1.54, 1.807) is 11.8 Å². The largest absolute Gasteiger partial charge is 0.339 e. The van der Waals surface area contributed by atoms with E-state index in [1.165, 1.54) is 9.79 Å². The molecule has 6 rings (SSSR count). The molecule has 0 saturated heterocycles. The lowest BCUT2D eigenvalue weighted by Crippen LogP contribution is -2.26. The molecule has 0 spiro atoms. The lowest BCUT2D eigenvalue weighted by molar-refractivity contribution is -0.116. The van der Waals surface area contributed by atoms with Crippen LogP contribution < -0.4 is 10.2 Å². The summed E-state index contributed by atoms with van der Waals surface area (Å²) in [5, 5.41) is 3.11. The second kappa shape index (κ2) is 8.72. The van der Waals surface area contributed by atoms with E-state index in [2.05, 4.69) is 51.6 Å². The van der Waals surface area contributed by atoms with Gasteiger partial charge in [0.05, 0.1) is 28.1 Å². The van der Waals surface area contributed by atoms with E-state index in [1.807, 2.05) is 60.7 Å². The zero-order chi connectivity index (χ0) is 22.9. The number of carbonyl (C=O) groups is 1. The summed E-state index contributed by atoms with van der Waals surface area (Å²) < 4.78 is 0. The first-order valence-corrected chi connectivity index (χ1v) is 12.1. The number of anilines is 3. The summed E-state index contributed by atoms with van der Waals surface area (Å²) in [7, 11) is 0. The Hall–Kier alpha value is -4.03. The monoisotopic (exact) mass is 462 g/mol. The standard InChI is InChI=1S/C28H22N4OS/c33-27(17-18-32-23-13-5-7-15-25(23)34-26-16-8-6-14-24(26)32)29-20-10-2-1-9-19(20)28-30-21-11-3-4-12-22(21)31-28/h1-16H,17-18H2,(H,29,33)(H,30,31). The quantitative estimate of drug-likeness (QED) is 0.299. The Labute approximate surface area is 201 Å². The number of aromatic nitrogens is 2. The van der Waals surface area contributed by atoms with Crippen LogP contribution in [0.5, 0.6) is 0 Å². The van der Waals surface area contributed by atoms with Gasteiger partial charge in [0.25, 0.3) is 0 Å². The van der Waals surface area contributed by atoms with Crippen LogP contribution in [-0.2, 0) is 4.79 Å². The molecule has 5 nitrogen and oxygen atoms in total. The molecular weight excluding hydrogens is 440 g/mol. The molecule has 0 aliphatic carbocycles. The van der Waals surface area contributed by atoms with Crippen LogP contribution in [0, 0.1) is 0 Å². The molecule has 1 aromatic heterocycles. The molecule has 0 unspecified atom stereocenters. The number of aromatic amines is 1. The van der Waals surface area contributed by atoms with E-state index in [4.69, 9.17) is 4.98 Å². The van der Waals surface area contributed by atoms with Crippen LogP contribution in [0.3, 0.4) is 0 Å². The predicted octanol–water partition coefficient (Wildman–Crippen LogP) is 6.86. The fraction of sp³-hybridized carbons (Fsp3) is 0.0714. The van der Waals surface area contributed by atoms with E-state index in [-0.39, 0.29) is 5.91 Å². The summed E-state index contributed by atoms with van der Waals surface area (Å²) in [5.41, 5.74) is 5.78. The molecule has 2 N–H and O–H groups in total. The number of para-hydroxylation sites is 5. The number of H-pyrrole nitrogens is 1. The van der Waals surface area contributed by atoms with Gasteiger partial charge in [-0.2, -0.15) is 0 Å². The Kier molecular flexibility index (Phi) is 5.28. The van der Waals surface area contributed by atoms with Gasteiger partial charge in [-0.05, 0) is 48.5 Å². The molecule has 0 radical (unpaired) electrons. The van der Waals surface area contributed by atoms with Gasteiger partial charge in [0, 0.05) is 28.3 Å². The number of amides is 1. The van der Waals surface area contributed by atoms with Crippen LogP contribution in [0.2, 0.25) is 0 Å². The summed E-state index contributed by atoms with van der Waals surface area (Å²) in [6.07, 6.45) is 0.363. The third-order valence-electron chi connectivity index (χ3n) is 5.94. The van der Waals surface area contributed by atoms with Crippen LogP contribution >= 0.6 is 11.8 Å². The van der Waals surface area contributed by atoms with Crippen molar-refractivity contribution in [1.82, 2.24) is 9.97 Å². The smallest absolute Gasteiger partial charge is 0.226 e. The lowest BCUT2D eigenvalue weighted by atomic mass is 10.1. The third kappa shape index (κ3) is 3.82. The molecule has 0 bridgehead atoms. The van der Waals surface area contributed by atoms with Crippen molar-refractivity contribution in [3.63, 3.8) is 0 Å². The number of nitrogens with zero attached hydrogens (tertiary/aromatic N) is 2. The Morgan fingerprint density at radius 3 is 2.24 bits per heavy atom. The van der Waals surface area contributed by atoms with E-state index in [9.17, 15) is 4.79 Å². The number of hydrogen-bond donors (Lipinski definition) is 2. The molecule has 1 amide bonds. The molecule has 5 aromatic rings. The highest BCUT2D eigenvalue weighted by molar-refractivity contribution is 7.99. The number of fused-ring (bicyclic) bond motifs is 3. The van der Waals surface area contributed by atoms with E-state index >= 15 is 0 Å². The zero-order valence-electron chi connectivity index (χ0n) is 18.4. The molecule has 2 heterocycles. The van der Waals surface area contributed by atoms with Crippen molar-refractivity contribution in [3.8, 4) is 11.4 Å². The van der Waals surface area contributed by atoms with Gasteiger partial charge in [-0.25, -0.2) is 4.98 Å². The van der Waals surface area contributed by atoms with E-state index < -0.39 is 0 Å². The van der Waals surface area contributed by atoms with Crippen LogP contribution in [0.1, 0.15) is 6.42 Å². The van der Waals surface area contributed by atoms with E-state index in [0.29, 0.717) is 13.0 Å². The topological polar surface area (TPSA) is 61.0 Å². The second-order valence-corrected chi connectivity index (χ2v) is 9.22. The van der Waals surface area contributed by atoms with E-state index in [0.717, 1.165) is 39.5 Å². The summed E-state index contributed by atoms with van der Waals surface area (Å²) >= 11 is 1.77. The van der Waals surface area contributed by atoms with Crippen molar-refractivity contribution < 1.29 is 4.79 Å². The fourth-order valence-corrected chi connectivity index (χ4v) is 5.42. The number of hydrogen-bond acceptors (Lipinski definition) is 4. The highest BCUT2D eigenvalue weighted by Crippen LogP contribution is 2.47. The molecule has 4 aromatic carbocycles. The average molecular weight is 463 g/mol. The summed E-state index contributed by atoms with van der Waals surface area (Å²) in [6, 6.07) is 32.4. The molecular formula is C28H22N4OS. The maximum Gasteiger partial charge on any atom is 0.226 e. The highest BCUT2D eigenvalue weighted by atomic mass is 32.2. The van der Waals surface area contributed by atoms with Crippen LogP contribution in [0.4, 0.5) is 17.1 Å². The Morgan fingerprint density at radius 1 is 0.824 bits per heavy atom. The minimum absolute atomic E-state index is 0.0308. The van der Waals surface area contributed by atoms with Crippen molar-refractivity contribution >= 4 is 45.8 Å². The second-order valence-electron chi connectivity index (χ2n) is 8.14. The van der Waals surface area contributed by atoms with Crippen molar-refractivity contribution in [1.29, 1.82) is 0 Å². The highest BCUT2D eigenvalue weighted by Gasteiger charge is 2.23. The minimum Gasteiger partial charge on any atom is -0.339 e. The number of rotatable bonds is 5. The van der Waals surface area contributed by atoms with Crippen LogP contribution in [-0.4, -0.2) is 22.4 Å². The summed E-state index contributed by atoms with van der Waals surface area (Å²) in [6.45, 7) is 0.591. The van der Waals surface area contributed by atoms with Gasteiger partial charge in [-0.1, -0.05) is 60.3 Å². The first-order chi connectivity index (χ1) is 16.8. The van der Waals surface area contributed by atoms with Gasteiger partial charge in [0.2, 0.25) is 5.91 Å². The van der Waals surface area contributed by atoms with Crippen molar-refractivity contribution in [2.45, 2.75) is 16.2 Å². The van der Waals surface area contributed by atoms with Crippen LogP contribution in [0.15, 0.2) is 107 Å². The fourth-order valence-electron chi connectivity index (χ4n) is 4.33. The third-order valence-corrected chi connectivity index (χ3v) is 7.07. The van der Waals surface area contributed by atoms with Crippen LogP contribution in [0.25, 0.3) is 22.4 Å². The molecule has 34 heavy (non-hydrogen) atoms. The van der Waals surface area contributed by atoms with Gasteiger partial charge in [0.15, 0.2) is 0 Å². The maximum absolute atomic E-state index is 13.1. The Bertz CT molecular complexity index is 1430. The predicted molar refractivity (Wildman–Crippen MR) is 139 cm³/mol. The molecule has 0 saturated carbocycles. The molecule has 0 fully saturated rings. The average Bonchev–Trinajstić information content (AvgIpc) is 3.31. The number of benzene rings is 4. The van der Waals surface area contributed by atoms with Crippen molar-refractivity contribution in [2.24, 2.45) is 0 Å². The van der Waals surface area contributed by atoms with Gasteiger partial charge in [-0.15, -0.1) is 0 Å². The molecule has 0 atom stereocenters. The zero-order valence-corrected chi connectivity index (χ0v) is 19.2. The number of nitrogens with one attached hydrogen (secondary N) is 2. The van der Waals surface area contributed by atoms with Gasteiger partial charge >= 0.3 is 0 Å². The Morgan fingerprint density at radius 2 is 1.47 bits per heavy atom. The first kappa shape index (κ1) is 20.6. The van der Waals surface area contributed by atoms with Gasteiger partial charge in [-0.3, -0.25) is 4.79 Å². The summed E-state index contributed by atoms with van der Waals surface area (Å²) in [5.74, 6) is 0.713. The minimum atomic E-state index is -0.0308. The molecule has 1 aliphatic rings. The number of imidazole rings is 1. The first-order valence-electron chi connectivity index (χ1n) is 11.2. The SMILES string of the molecule is O=C(CCN1c2ccccc2Sc2ccccc21)Nc1ccccc1-c1nc2ccccc2[nH]1. The normalized spacial score (nSPS) is 12.3. The molecule has 166 valence electrons. The van der Waals surface area contributed by atoms with Gasteiger partial charge < -0.3 is 15.2 Å². The molecule has 6 heteroatoms. The maximum atomic E-state index is 13.1. The number of carbonyl (C=O) groups excluding carboxylic acids is 1. The van der Waals surface area contributed by atoms with Crippen molar-refractivity contribution in [2.75, 3.05) is 16.8 Å². The summed E-state index contributed by atoms with van der Waals surface area (Å²) in [4.78, 5) is 25.8. The lowest BCUT2D eigenvalue weighted by Gasteiger charge is -2.32. The molecule has 1 aliphatic heterocycles.